The van der Waals surface area contributed by atoms with E-state index < -0.39 is 0 Å². The molecular formula is C24H20N4O2. The average molecular weight is 396 g/mol. The maximum absolute atomic E-state index is 12.6. The molecule has 2 aromatic heterocycles. The number of rotatable bonds is 5. The van der Waals surface area contributed by atoms with Gasteiger partial charge in [-0.3, -0.25) is 14.6 Å². The molecule has 0 aliphatic rings. The number of nitrogens with two attached hydrogens (primary N) is 1. The van der Waals surface area contributed by atoms with Gasteiger partial charge < -0.3 is 11.1 Å². The first-order valence-corrected chi connectivity index (χ1v) is 9.48. The van der Waals surface area contributed by atoms with Gasteiger partial charge >= 0.3 is 0 Å². The quantitative estimate of drug-likeness (QED) is 0.493. The number of aldehydes is 1. The van der Waals surface area contributed by atoms with Crippen LogP contribution in [0.1, 0.15) is 21.5 Å². The molecule has 0 aliphatic heterocycles. The van der Waals surface area contributed by atoms with Crippen LogP contribution in [0.25, 0.3) is 21.9 Å². The van der Waals surface area contributed by atoms with Crippen molar-refractivity contribution in [1.29, 1.82) is 0 Å². The summed E-state index contributed by atoms with van der Waals surface area (Å²) in [6, 6.07) is 15.1. The number of amides is 1. The Morgan fingerprint density at radius 1 is 1.13 bits per heavy atom. The first kappa shape index (κ1) is 19.3. The molecule has 0 saturated carbocycles. The number of aryl methyl sites for hydroxylation is 1. The van der Waals surface area contributed by atoms with E-state index >= 15 is 0 Å². The molecule has 2 aromatic carbocycles. The molecule has 6 nitrogen and oxygen atoms in total. The van der Waals surface area contributed by atoms with Crippen LogP contribution in [0.15, 0.2) is 67.1 Å². The Labute approximate surface area is 173 Å². The number of carbonyl (C=O) groups excluding carboxylic acids is 2. The summed E-state index contributed by atoms with van der Waals surface area (Å²) in [5.41, 5.74) is 10.4. The number of nitrogen functional groups attached to an aromatic ring is 1. The van der Waals surface area contributed by atoms with E-state index in [0.717, 1.165) is 33.0 Å². The van der Waals surface area contributed by atoms with E-state index in [1.165, 1.54) is 0 Å². The number of hydrogen-bond donors (Lipinski definition) is 2. The molecule has 3 N–H and O–H groups in total. The number of nitrogens with one attached hydrogen (secondary N) is 1. The second-order valence-corrected chi connectivity index (χ2v) is 7.08. The predicted molar refractivity (Wildman–Crippen MR) is 118 cm³/mol. The van der Waals surface area contributed by atoms with Gasteiger partial charge in [-0.25, -0.2) is 4.98 Å². The van der Waals surface area contributed by atoms with Gasteiger partial charge in [0.1, 0.15) is 5.82 Å². The van der Waals surface area contributed by atoms with E-state index in [2.05, 4.69) is 15.3 Å². The monoisotopic (exact) mass is 396 g/mol. The van der Waals surface area contributed by atoms with E-state index in [1.54, 1.807) is 24.7 Å². The van der Waals surface area contributed by atoms with Gasteiger partial charge in [0.15, 0.2) is 6.29 Å². The summed E-state index contributed by atoms with van der Waals surface area (Å²) in [6.45, 7) is 1.94. The smallest absolute Gasteiger partial charge is 0.228 e. The topological polar surface area (TPSA) is 98.0 Å². The highest BCUT2D eigenvalue weighted by Gasteiger charge is 2.10. The van der Waals surface area contributed by atoms with Crippen LogP contribution >= 0.6 is 0 Å². The fraction of sp³-hybridized carbons (Fsp3) is 0.0833. The van der Waals surface area contributed by atoms with Crippen LogP contribution in [0.5, 0.6) is 0 Å². The molecule has 6 heteroatoms. The highest BCUT2D eigenvalue weighted by molar-refractivity contribution is 5.96. The Balaban J connectivity index is 1.53. The summed E-state index contributed by atoms with van der Waals surface area (Å²) in [5, 5.41) is 4.99. The molecule has 0 fully saturated rings. The largest absolute Gasteiger partial charge is 0.383 e. The van der Waals surface area contributed by atoms with Crippen molar-refractivity contribution in [2.24, 2.45) is 0 Å². The van der Waals surface area contributed by atoms with Crippen molar-refractivity contribution in [3.05, 3.63) is 83.8 Å². The summed E-state index contributed by atoms with van der Waals surface area (Å²) >= 11 is 0. The molecule has 1 amide bonds. The lowest BCUT2D eigenvalue weighted by Crippen LogP contribution is -2.14. The standard InChI is InChI=1S/C24H20N4O2/c1-15-9-20(5-6-21(15)18-10-19(14-29)24(25)27-13-18)28-23(30)11-16-3-2-4-17-12-26-8-7-22(16)17/h2-10,12-14H,11H2,1H3,(H2,25,27)(H,28,30). The molecule has 0 spiro atoms. The number of pyridine rings is 2. The van der Waals surface area contributed by atoms with Crippen molar-refractivity contribution in [2.75, 3.05) is 11.1 Å². The Kier molecular flexibility index (Phi) is 5.22. The van der Waals surface area contributed by atoms with Gasteiger partial charge in [0.05, 0.1) is 12.0 Å². The molecule has 0 atom stereocenters. The zero-order valence-corrected chi connectivity index (χ0v) is 16.4. The van der Waals surface area contributed by atoms with Gasteiger partial charge in [-0.1, -0.05) is 24.3 Å². The minimum absolute atomic E-state index is 0.0937. The van der Waals surface area contributed by atoms with Crippen LogP contribution in [0, 0.1) is 6.92 Å². The lowest BCUT2D eigenvalue weighted by Gasteiger charge is -2.11. The SMILES string of the molecule is Cc1cc(NC(=O)Cc2cccc3cnccc23)ccc1-c1cnc(N)c(C=O)c1. The van der Waals surface area contributed by atoms with Crippen molar-refractivity contribution in [1.82, 2.24) is 9.97 Å². The fourth-order valence-corrected chi connectivity index (χ4v) is 3.52. The van der Waals surface area contributed by atoms with E-state index in [9.17, 15) is 9.59 Å². The van der Waals surface area contributed by atoms with Gasteiger partial charge in [0, 0.05) is 35.2 Å². The molecule has 2 heterocycles. The van der Waals surface area contributed by atoms with Crippen LogP contribution in [0.2, 0.25) is 0 Å². The van der Waals surface area contributed by atoms with Gasteiger partial charge in [-0.05, 0) is 53.3 Å². The zero-order chi connectivity index (χ0) is 21.1. The third-order valence-corrected chi connectivity index (χ3v) is 5.02. The van der Waals surface area contributed by atoms with Crippen molar-refractivity contribution < 1.29 is 9.59 Å². The van der Waals surface area contributed by atoms with Gasteiger partial charge in [-0.15, -0.1) is 0 Å². The van der Waals surface area contributed by atoms with E-state index in [0.29, 0.717) is 17.5 Å². The number of fused-ring (bicyclic) bond motifs is 1. The minimum Gasteiger partial charge on any atom is -0.383 e. The number of nitrogens with zero attached hydrogens (tertiary/aromatic N) is 2. The summed E-state index contributed by atoms with van der Waals surface area (Å²) in [7, 11) is 0. The van der Waals surface area contributed by atoms with E-state index in [4.69, 9.17) is 5.73 Å². The van der Waals surface area contributed by atoms with E-state index in [1.807, 2.05) is 49.4 Å². The number of carbonyl (C=O) groups is 2. The Bertz CT molecular complexity index is 1260. The first-order valence-electron chi connectivity index (χ1n) is 9.48. The van der Waals surface area contributed by atoms with Crippen LogP contribution in [0.4, 0.5) is 11.5 Å². The molecule has 0 radical (unpaired) electrons. The van der Waals surface area contributed by atoms with Crippen LogP contribution < -0.4 is 11.1 Å². The van der Waals surface area contributed by atoms with Crippen molar-refractivity contribution in [3.8, 4) is 11.1 Å². The molecule has 0 aliphatic carbocycles. The van der Waals surface area contributed by atoms with Gasteiger partial charge in [0.2, 0.25) is 5.91 Å². The number of aromatic nitrogens is 2. The van der Waals surface area contributed by atoms with Gasteiger partial charge in [-0.2, -0.15) is 0 Å². The third kappa shape index (κ3) is 3.89. The van der Waals surface area contributed by atoms with Crippen LogP contribution in [-0.4, -0.2) is 22.2 Å². The molecule has 0 saturated heterocycles. The Morgan fingerprint density at radius 3 is 2.80 bits per heavy atom. The second kappa shape index (κ2) is 8.13. The van der Waals surface area contributed by atoms with Crippen molar-refractivity contribution in [3.63, 3.8) is 0 Å². The first-order chi connectivity index (χ1) is 14.5. The number of anilines is 2. The van der Waals surface area contributed by atoms with E-state index in [-0.39, 0.29) is 18.1 Å². The molecule has 0 unspecified atom stereocenters. The summed E-state index contributed by atoms with van der Waals surface area (Å²) in [5.74, 6) is 0.114. The lowest BCUT2D eigenvalue weighted by molar-refractivity contribution is -0.115. The van der Waals surface area contributed by atoms with Crippen molar-refractivity contribution in [2.45, 2.75) is 13.3 Å². The van der Waals surface area contributed by atoms with Crippen LogP contribution in [0.3, 0.4) is 0 Å². The maximum atomic E-state index is 12.6. The zero-order valence-electron chi connectivity index (χ0n) is 16.4. The summed E-state index contributed by atoms with van der Waals surface area (Å²) < 4.78 is 0. The average Bonchev–Trinajstić information content (AvgIpc) is 2.75. The summed E-state index contributed by atoms with van der Waals surface area (Å²) in [4.78, 5) is 32.0. The van der Waals surface area contributed by atoms with Gasteiger partial charge in [0.25, 0.3) is 0 Å². The maximum Gasteiger partial charge on any atom is 0.228 e. The molecule has 4 rings (SSSR count). The molecule has 0 bridgehead atoms. The lowest BCUT2D eigenvalue weighted by atomic mass is 10.00. The minimum atomic E-state index is -0.0937. The highest BCUT2D eigenvalue weighted by Crippen LogP contribution is 2.27. The predicted octanol–water partition coefficient (Wildman–Crippen LogP) is 4.18. The second-order valence-electron chi connectivity index (χ2n) is 7.08. The fourth-order valence-electron chi connectivity index (χ4n) is 3.52. The number of benzene rings is 2. The molecular weight excluding hydrogens is 376 g/mol. The summed E-state index contributed by atoms with van der Waals surface area (Å²) in [6.07, 6.45) is 6.12. The van der Waals surface area contributed by atoms with Crippen LogP contribution in [-0.2, 0) is 11.2 Å². The molecule has 148 valence electrons. The Morgan fingerprint density at radius 2 is 2.00 bits per heavy atom. The third-order valence-electron chi connectivity index (χ3n) is 5.02. The number of hydrogen-bond acceptors (Lipinski definition) is 5. The Hall–Kier alpha value is -4.06. The molecule has 4 aromatic rings. The highest BCUT2D eigenvalue weighted by atomic mass is 16.1. The normalized spacial score (nSPS) is 10.7. The molecule has 30 heavy (non-hydrogen) atoms. The van der Waals surface area contributed by atoms with Crippen molar-refractivity contribution >= 4 is 34.5 Å².